The molecular formula is C39H54ClFN2O11. The number of esters is 1. The summed E-state index contributed by atoms with van der Waals surface area (Å²) in [7, 11) is 1.46. The van der Waals surface area contributed by atoms with Crippen molar-refractivity contribution in [2.24, 2.45) is 29.6 Å². The summed E-state index contributed by atoms with van der Waals surface area (Å²) in [5.74, 6) is -7.02. The number of hydroxylamine groups is 1. The summed E-state index contributed by atoms with van der Waals surface area (Å²) in [5, 5.41) is 41.5. The minimum atomic E-state index is -2.79. The second kappa shape index (κ2) is 13.6. The zero-order valence-electron chi connectivity index (χ0n) is 32.9. The van der Waals surface area contributed by atoms with Gasteiger partial charge in [-0.05, 0) is 90.7 Å². The molecule has 54 heavy (non-hydrogen) atoms. The first-order valence-electron chi connectivity index (χ1n) is 18.4. The fraction of sp³-hybridized carbons (Fsp3) is 0.692. The second-order valence-electron chi connectivity index (χ2n) is 17.7. The highest BCUT2D eigenvalue weighted by Gasteiger charge is 2.88. The summed E-state index contributed by atoms with van der Waals surface area (Å²) in [5.41, 5.74) is -9.39. The molecule has 1 saturated heterocycles. The molecule has 1 amide bonds. The van der Waals surface area contributed by atoms with Crippen LogP contribution in [0.1, 0.15) is 94.1 Å². The number of ether oxygens (including phenoxy) is 3. The van der Waals surface area contributed by atoms with Gasteiger partial charge < -0.3 is 34.3 Å². The van der Waals surface area contributed by atoms with Gasteiger partial charge in [0.2, 0.25) is 11.1 Å². The summed E-state index contributed by atoms with van der Waals surface area (Å²) in [6, 6.07) is 4.63. The summed E-state index contributed by atoms with van der Waals surface area (Å²) < 4.78 is 30.9. The van der Waals surface area contributed by atoms with Crippen LogP contribution in [0.15, 0.2) is 29.8 Å². The van der Waals surface area contributed by atoms with Crippen LogP contribution in [-0.4, -0.2) is 87.2 Å². The molecule has 2 aliphatic heterocycles. The van der Waals surface area contributed by atoms with E-state index in [1.807, 2.05) is 0 Å². The number of benzene rings is 1. The molecule has 0 spiro atoms. The number of rotatable bonds is 6. The SMILES string of the molecule is CC(=O)O[C@H]1C(C)=C[C@@H]2[C@H](C(C)CF)CC[C@@H](C)[C@]2(O)[C@H]1[C@]1(C(=O)O)C[C@@]2(OC(=O)OC(C)(C)C)c3cccc(Cl)c3N(C)O[C@H]2[N+]1(C(=O)[O-])C(C)(C)C. The van der Waals surface area contributed by atoms with Gasteiger partial charge in [-0.1, -0.05) is 43.7 Å². The van der Waals surface area contributed by atoms with E-state index in [1.165, 1.54) is 38.9 Å². The number of likely N-dealkylation sites (tertiary alicyclic amines) is 1. The molecule has 4 aliphatic rings. The Morgan fingerprint density at radius 3 is 2.31 bits per heavy atom. The average Bonchev–Trinajstić information content (AvgIpc) is 3.30. The Morgan fingerprint density at radius 1 is 1.17 bits per heavy atom. The first kappa shape index (κ1) is 41.7. The van der Waals surface area contributed by atoms with E-state index in [4.69, 9.17) is 30.6 Å². The number of alkyl halides is 1. The number of aliphatic carboxylic acids is 1. The van der Waals surface area contributed by atoms with E-state index in [9.17, 15) is 38.9 Å². The van der Waals surface area contributed by atoms with Crippen molar-refractivity contribution < 1.29 is 62.4 Å². The summed E-state index contributed by atoms with van der Waals surface area (Å²) in [6.45, 7) is 14.7. The van der Waals surface area contributed by atoms with Gasteiger partial charge in [-0.15, -0.1) is 0 Å². The molecule has 2 aliphatic carbocycles. The lowest BCUT2D eigenvalue weighted by Crippen LogP contribution is -2.86. The molecular weight excluding hydrogens is 727 g/mol. The van der Waals surface area contributed by atoms with Crippen LogP contribution in [-0.2, 0) is 34.2 Å². The zero-order valence-corrected chi connectivity index (χ0v) is 33.7. The maximum atomic E-state index is 14.9. The van der Waals surface area contributed by atoms with Crippen LogP contribution in [0.4, 0.5) is 19.7 Å². The maximum absolute atomic E-state index is 14.9. The van der Waals surface area contributed by atoms with Gasteiger partial charge in [0.15, 0.2) is 0 Å². The lowest BCUT2D eigenvalue weighted by atomic mass is 9.48. The molecule has 15 heteroatoms. The van der Waals surface area contributed by atoms with E-state index in [1.54, 1.807) is 59.8 Å². The molecule has 0 bridgehead atoms. The van der Waals surface area contributed by atoms with Crippen molar-refractivity contribution in [3.8, 4) is 0 Å². The molecule has 0 radical (unpaired) electrons. The van der Waals surface area contributed by atoms with Crippen LogP contribution in [0, 0.1) is 29.6 Å². The number of hydrogen-bond donors (Lipinski definition) is 2. The quantitative estimate of drug-likeness (QED) is 0.200. The van der Waals surface area contributed by atoms with Crippen molar-refractivity contribution >= 4 is 41.5 Å². The molecule has 2 heterocycles. The number of carbonyl (C=O) groups is 4. The van der Waals surface area contributed by atoms with E-state index >= 15 is 0 Å². The second-order valence-corrected chi connectivity index (χ2v) is 18.1. The summed E-state index contributed by atoms with van der Waals surface area (Å²) >= 11 is 6.75. The third kappa shape index (κ3) is 5.80. The van der Waals surface area contributed by atoms with Gasteiger partial charge in [-0.3, -0.25) is 9.18 Å². The number of carbonyl (C=O) groups excluding carboxylic acids is 3. The Bertz CT molecular complexity index is 1740. The van der Waals surface area contributed by atoms with Gasteiger partial charge in [0, 0.05) is 25.5 Å². The zero-order chi connectivity index (χ0) is 40.7. The lowest BCUT2D eigenvalue weighted by Gasteiger charge is -2.64. The largest absolute Gasteiger partial charge is 0.510 e. The van der Waals surface area contributed by atoms with Gasteiger partial charge in [0.05, 0.1) is 40.9 Å². The number of hydrogen-bond acceptors (Lipinski definition) is 11. The molecule has 2 unspecified atom stereocenters. The number of fused-ring (bicyclic) bond motifs is 4. The predicted octanol–water partition coefficient (Wildman–Crippen LogP) is 5.89. The number of para-hydroxylation sites is 1. The number of anilines is 1. The van der Waals surface area contributed by atoms with E-state index in [0.29, 0.717) is 18.4 Å². The fourth-order valence-electron chi connectivity index (χ4n) is 10.5. The molecule has 2 fully saturated rings. The van der Waals surface area contributed by atoms with Crippen molar-refractivity contribution in [3.63, 3.8) is 0 Å². The van der Waals surface area contributed by atoms with E-state index < -0.39 is 112 Å². The fourth-order valence-corrected chi connectivity index (χ4v) is 10.8. The normalized spacial score (nSPS) is 36.9. The van der Waals surface area contributed by atoms with Crippen molar-refractivity contribution in [2.75, 3.05) is 18.8 Å². The summed E-state index contributed by atoms with van der Waals surface area (Å²) in [6.07, 6.45) is -4.94. The van der Waals surface area contributed by atoms with Crippen LogP contribution in [0.3, 0.4) is 0 Å². The molecule has 300 valence electrons. The van der Waals surface area contributed by atoms with Crippen LogP contribution in [0.25, 0.3) is 0 Å². The van der Waals surface area contributed by atoms with E-state index in [-0.39, 0.29) is 16.3 Å². The highest BCUT2D eigenvalue weighted by Crippen LogP contribution is 2.69. The molecule has 2 N–H and O–H groups in total. The van der Waals surface area contributed by atoms with Gasteiger partial charge in [-0.25, -0.2) is 24.0 Å². The minimum absolute atomic E-state index is 0.118. The first-order chi connectivity index (χ1) is 24.8. The van der Waals surface area contributed by atoms with Crippen LogP contribution in [0.5, 0.6) is 0 Å². The molecule has 5 rings (SSSR count). The highest BCUT2D eigenvalue weighted by atomic mass is 35.5. The topological polar surface area (TPSA) is 172 Å². The number of amides is 1. The standard InChI is InChI=1S/C39H54ClFN2O11/c1-20-17-26-24(21(2)18-41)16-15-22(3)39(26,50)30(29(20)51-23(4)44)37(32(45)46)19-38(53-34(49)52-36(8,9)10)25-13-12-14-27(40)28(25)42(11)54-31(38)43(37,33(47)48)35(5,6)7/h12-14,17,21-22,24,26,29-31,50H,15-16,18-19H2,1-11H3,(H-,45,46,47,48)/t21?,22-,24+,26-,29+,30-,31-,37+,38-,39-,43?/m1/s1. The van der Waals surface area contributed by atoms with Gasteiger partial charge >= 0.3 is 18.1 Å². The number of nitrogens with zero attached hydrogens (tertiary/aromatic N) is 2. The monoisotopic (exact) mass is 780 g/mol. The molecule has 1 aromatic carbocycles. The van der Waals surface area contributed by atoms with Crippen molar-refractivity contribution in [2.45, 2.75) is 129 Å². The number of quaternary nitrogens is 1. The Kier molecular flexibility index (Phi) is 10.5. The molecule has 11 atom stereocenters. The van der Waals surface area contributed by atoms with Crippen LogP contribution in [0.2, 0.25) is 5.02 Å². The molecule has 0 aromatic heterocycles. The Morgan fingerprint density at radius 2 is 1.80 bits per heavy atom. The predicted molar refractivity (Wildman–Crippen MR) is 192 cm³/mol. The average molecular weight is 781 g/mol. The minimum Gasteiger partial charge on any atom is -0.498 e. The molecule has 13 nitrogen and oxygen atoms in total. The van der Waals surface area contributed by atoms with Crippen molar-refractivity contribution in [1.82, 2.24) is 0 Å². The number of halogens is 2. The van der Waals surface area contributed by atoms with Gasteiger partial charge in [0.1, 0.15) is 11.7 Å². The number of carboxylic acids is 1. The highest BCUT2D eigenvalue weighted by molar-refractivity contribution is 6.33. The number of carboxylic acid groups (broad SMARTS) is 2. The molecule has 1 saturated carbocycles. The first-order valence-corrected chi connectivity index (χ1v) is 18.8. The van der Waals surface area contributed by atoms with E-state index in [0.717, 1.165) is 6.92 Å². The Balaban J connectivity index is 2.01. The van der Waals surface area contributed by atoms with Crippen molar-refractivity contribution in [1.29, 1.82) is 0 Å². The van der Waals surface area contributed by atoms with Gasteiger partial charge in [-0.2, -0.15) is 0 Å². The Hall–Kier alpha value is -3.46. The van der Waals surface area contributed by atoms with Crippen LogP contribution >= 0.6 is 11.6 Å². The van der Waals surface area contributed by atoms with Gasteiger partial charge in [0.25, 0.3) is 12.3 Å². The van der Waals surface area contributed by atoms with Crippen molar-refractivity contribution in [3.05, 3.63) is 40.4 Å². The lowest BCUT2D eigenvalue weighted by molar-refractivity contribution is -0.991. The Labute approximate surface area is 320 Å². The smallest absolute Gasteiger partial charge is 0.498 e. The third-order valence-electron chi connectivity index (χ3n) is 12.5. The molecule has 1 aromatic rings. The summed E-state index contributed by atoms with van der Waals surface area (Å²) in [4.78, 5) is 62.9. The van der Waals surface area contributed by atoms with E-state index in [2.05, 4.69) is 0 Å². The third-order valence-corrected chi connectivity index (χ3v) is 12.8. The number of aliphatic hydroxyl groups is 1. The maximum Gasteiger partial charge on any atom is 0.510 e. The van der Waals surface area contributed by atoms with Crippen LogP contribution < -0.4 is 10.2 Å².